The highest BCUT2D eigenvalue weighted by atomic mass is 35.5. The largest absolute Gasteiger partial charge is 0.504 e. The average molecular weight is 382 g/mol. The molecule has 0 aliphatic carbocycles. The van der Waals surface area contributed by atoms with Crippen molar-refractivity contribution in [2.75, 3.05) is 18.7 Å². The van der Waals surface area contributed by atoms with Crippen LogP contribution < -0.4 is 10.1 Å². The number of halogens is 1. The van der Waals surface area contributed by atoms with Crippen LogP contribution in [0.1, 0.15) is 24.5 Å². The van der Waals surface area contributed by atoms with Gasteiger partial charge in [-0.05, 0) is 61.2 Å². The zero-order valence-electron chi connectivity index (χ0n) is 14.7. The lowest BCUT2D eigenvalue weighted by Gasteiger charge is -2.17. The van der Waals surface area contributed by atoms with Gasteiger partial charge in [-0.3, -0.25) is 4.21 Å². The Balaban J connectivity index is 1.95. The molecule has 0 aromatic heterocycles. The number of ether oxygens (including phenoxy) is 1. The molecule has 136 valence electrons. The van der Waals surface area contributed by atoms with Gasteiger partial charge in [0, 0.05) is 39.6 Å². The first-order valence-corrected chi connectivity index (χ1v) is 10.2. The van der Waals surface area contributed by atoms with E-state index >= 15 is 0 Å². The van der Waals surface area contributed by atoms with Gasteiger partial charge in [-0.1, -0.05) is 17.7 Å². The first-order chi connectivity index (χ1) is 11.9. The van der Waals surface area contributed by atoms with Crippen LogP contribution in [-0.4, -0.2) is 28.7 Å². The standard InChI is InChI=1S/C19H24ClNO3S/c1-13(4-5-14-6-9-19(24-2)18(22)10-14)21-16-7-8-17(20)15(11-16)12-25(3)23/h6-11,13,21-22H,4-5,12H2,1-3H3/t13-,25-/m0/s1. The van der Waals surface area contributed by atoms with Crippen molar-refractivity contribution < 1.29 is 14.1 Å². The van der Waals surface area contributed by atoms with E-state index in [1.807, 2.05) is 24.3 Å². The van der Waals surface area contributed by atoms with E-state index in [0.29, 0.717) is 16.5 Å². The van der Waals surface area contributed by atoms with Crippen LogP contribution >= 0.6 is 11.6 Å². The van der Waals surface area contributed by atoms with E-state index in [4.69, 9.17) is 16.3 Å². The topological polar surface area (TPSA) is 58.6 Å². The Morgan fingerprint density at radius 3 is 2.68 bits per heavy atom. The van der Waals surface area contributed by atoms with Gasteiger partial charge in [0.1, 0.15) is 0 Å². The van der Waals surface area contributed by atoms with E-state index in [-0.39, 0.29) is 11.8 Å². The molecule has 4 nitrogen and oxygen atoms in total. The smallest absolute Gasteiger partial charge is 0.160 e. The van der Waals surface area contributed by atoms with Crippen LogP contribution in [0.2, 0.25) is 5.02 Å². The number of rotatable bonds is 8. The van der Waals surface area contributed by atoms with Gasteiger partial charge < -0.3 is 15.2 Å². The highest BCUT2D eigenvalue weighted by Crippen LogP contribution is 2.27. The third kappa shape index (κ3) is 5.94. The number of anilines is 1. The van der Waals surface area contributed by atoms with Crippen LogP contribution in [0.15, 0.2) is 36.4 Å². The number of phenols is 1. The molecule has 0 saturated carbocycles. The molecule has 0 bridgehead atoms. The number of hydrogen-bond donors (Lipinski definition) is 2. The molecule has 2 rings (SSSR count). The molecule has 25 heavy (non-hydrogen) atoms. The molecule has 0 aliphatic heterocycles. The second-order valence-electron chi connectivity index (χ2n) is 6.11. The summed E-state index contributed by atoms with van der Waals surface area (Å²) in [6.07, 6.45) is 3.41. The van der Waals surface area contributed by atoms with Crippen LogP contribution in [0.3, 0.4) is 0 Å². The summed E-state index contributed by atoms with van der Waals surface area (Å²) in [7, 11) is 0.610. The Kier molecular flexibility index (Phi) is 7.14. The van der Waals surface area contributed by atoms with E-state index < -0.39 is 10.8 Å². The van der Waals surface area contributed by atoms with Crippen LogP contribution in [-0.2, 0) is 23.0 Å². The molecule has 0 saturated heterocycles. The van der Waals surface area contributed by atoms with Crippen LogP contribution in [0.5, 0.6) is 11.5 Å². The maximum atomic E-state index is 11.4. The summed E-state index contributed by atoms with van der Waals surface area (Å²) in [5.41, 5.74) is 2.92. The number of nitrogens with one attached hydrogen (secondary N) is 1. The molecule has 0 unspecified atom stereocenters. The molecule has 0 aliphatic rings. The lowest BCUT2D eigenvalue weighted by Crippen LogP contribution is -2.16. The lowest BCUT2D eigenvalue weighted by atomic mass is 10.1. The summed E-state index contributed by atoms with van der Waals surface area (Å²) in [5.74, 6) is 1.10. The van der Waals surface area contributed by atoms with Gasteiger partial charge in [0.2, 0.25) is 0 Å². The van der Waals surface area contributed by atoms with E-state index in [2.05, 4.69) is 12.2 Å². The summed E-state index contributed by atoms with van der Waals surface area (Å²) in [4.78, 5) is 0. The first-order valence-electron chi connectivity index (χ1n) is 8.10. The molecule has 0 radical (unpaired) electrons. The second kappa shape index (κ2) is 9.11. The molecule has 0 spiro atoms. The molecule has 2 aromatic carbocycles. The predicted octanol–water partition coefficient (Wildman–Crippen LogP) is 4.37. The molecular weight excluding hydrogens is 358 g/mol. The molecule has 2 atom stereocenters. The number of hydrogen-bond acceptors (Lipinski definition) is 4. The van der Waals surface area contributed by atoms with Crippen molar-refractivity contribution in [2.24, 2.45) is 0 Å². The Morgan fingerprint density at radius 1 is 1.28 bits per heavy atom. The van der Waals surface area contributed by atoms with Gasteiger partial charge in [0.15, 0.2) is 11.5 Å². The van der Waals surface area contributed by atoms with Gasteiger partial charge in [-0.25, -0.2) is 0 Å². The number of benzene rings is 2. The van der Waals surface area contributed by atoms with Crippen molar-refractivity contribution in [1.29, 1.82) is 0 Å². The summed E-state index contributed by atoms with van der Waals surface area (Å²) >= 11 is 6.16. The molecular formula is C19H24ClNO3S. The normalized spacial score (nSPS) is 13.3. The zero-order chi connectivity index (χ0) is 18.4. The van der Waals surface area contributed by atoms with Crippen molar-refractivity contribution in [2.45, 2.75) is 31.6 Å². The molecule has 0 amide bonds. The molecule has 0 fully saturated rings. The van der Waals surface area contributed by atoms with E-state index in [0.717, 1.165) is 29.7 Å². The summed E-state index contributed by atoms with van der Waals surface area (Å²) in [5, 5.41) is 13.9. The third-order valence-corrected chi connectivity index (χ3v) is 5.01. The Morgan fingerprint density at radius 2 is 2.04 bits per heavy atom. The second-order valence-corrected chi connectivity index (χ2v) is 7.96. The van der Waals surface area contributed by atoms with Gasteiger partial charge in [-0.15, -0.1) is 0 Å². The Hall–Kier alpha value is -1.72. The SMILES string of the molecule is COc1ccc(CC[C@H](C)Nc2ccc(Cl)c(C[S@](C)=O)c2)cc1O. The predicted molar refractivity (Wildman–Crippen MR) is 105 cm³/mol. The highest BCUT2D eigenvalue weighted by Gasteiger charge is 2.08. The quantitative estimate of drug-likeness (QED) is 0.713. The van der Waals surface area contributed by atoms with Gasteiger partial charge >= 0.3 is 0 Å². The number of phenolic OH excluding ortho intramolecular Hbond substituents is 1. The van der Waals surface area contributed by atoms with E-state index in [9.17, 15) is 9.32 Å². The summed E-state index contributed by atoms with van der Waals surface area (Å²) < 4.78 is 16.5. The Bertz CT molecular complexity index is 751. The summed E-state index contributed by atoms with van der Waals surface area (Å²) in [6.45, 7) is 2.11. The first kappa shape index (κ1) is 19.6. The molecule has 0 heterocycles. The molecule has 2 N–H and O–H groups in total. The van der Waals surface area contributed by atoms with Crippen molar-refractivity contribution >= 4 is 28.1 Å². The fraction of sp³-hybridized carbons (Fsp3) is 0.368. The van der Waals surface area contributed by atoms with E-state index in [1.54, 1.807) is 18.4 Å². The van der Waals surface area contributed by atoms with Crippen LogP contribution in [0, 0.1) is 0 Å². The minimum absolute atomic E-state index is 0.163. The number of aromatic hydroxyl groups is 1. The third-order valence-electron chi connectivity index (χ3n) is 3.93. The maximum Gasteiger partial charge on any atom is 0.160 e. The van der Waals surface area contributed by atoms with Gasteiger partial charge in [-0.2, -0.15) is 0 Å². The van der Waals surface area contributed by atoms with Crippen molar-refractivity contribution in [1.82, 2.24) is 0 Å². The van der Waals surface area contributed by atoms with E-state index in [1.165, 1.54) is 7.11 Å². The minimum atomic E-state index is -0.927. The highest BCUT2D eigenvalue weighted by molar-refractivity contribution is 7.83. The molecule has 6 heteroatoms. The van der Waals surface area contributed by atoms with Crippen molar-refractivity contribution in [3.8, 4) is 11.5 Å². The van der Waals surface area contributed by atoms with Crippen LogP contribution in [0.4, 0.5) is 5.69 Å². The number of methoxy groups -OCH3 is 1. The average Bonchev–Trinajstić information content (AvgIpc) is 2.56. The monoisotopic (exact) mass is 381 g/mol. The fourth-order valence-electron chi connectivity index (χ4n) is 2.63. The molecule has 2 aromatic rings. The fourth-order valence-corrected chi connectivity index (χ4v) is 3.57. The lowest BCUT2D eigenvalue weighted by molar-refractivity contribution is 0.373. The van der Waals surface area contributed by atoms with Crippen molar-refractivity contribution in [3.63, 3.8) is 0 Å². The number of aryl methyl sites for hydroxylation is 1. The summed E-state index contributed by atoms with van der Waals surface area (Å²) in [6, 6.07) is 11.4. The Labute approximate surface area is 156 Å². The van der Waals surface area contributed by atoms with Crippen molar-refractivity contribution in [3.05, 3.63) is 52.5 Å². The zero-order valence-corrected chi connectivity index (χ0v) is 16.3. The van der Waals surface area contributed by atoms with Crippen LogP contribution in [0.25, 0.3) is 0 Å². The van der Waals surface area contributed by atoms with Gasteiger partial charge in [0.05, 0.1) is 7.11 Å². The maximum absolute atomic E-state index is 11.4. The van der Waals surface area contributed by atoms with Gasteiger partial charge in [0.25, 0.3) is 0 Å². The minimum Gasteiger partial charge on any atom is -0.504 e.